The fourth-order valence-electron chi connectivity index (χ4n) is 1.89. The molecule has 0 aliphatic heterocycles. The molecule has 0 fully saturated rings. The number of aromatic nitrogens is 2. The second kappa shape index (κ2) is 4.01. The number of rotatable bonds is 1. The Balaban J connectivity index is 0.00000108. The number of fused-ring (bicyclic) bond motifs is 3. The summed E-state index contributed by atoms with van der Waals surface area (Å²) in [6.45, 7) is 1.89. The molecule has 0 radical (unpaired) electrons. The van der Waals surface area contributed by atoms with Gasteiger partial charge in [0, 0.05) is 5.69 Å². The highest BCUT2D eigenvalue weighted by atomic mass is 35.5. The zero-order valence-corrected chi connectivity index (χ0v) is 10.6. The molecule has 2 aromatic heterocycles. The average Bonchev–Trinajstić information content (AvgIpc) is 2.75. The number of primary amides is 1. The molecule has 0 spiro atoms. The van der Waals surface area contributed by atoms with Crippen LogP contribution in [0.1, 0.15) is 15.4 Å². The van der Waals surface area contributed by atoms with Crippen LogP contribution in [0, 0.1) is 6.92 Å². The number of halogens is 1. The van der Waals surface area contributed by atoms with Gasteiger partial charge in [-0.1, -0.05) is 23.5 Å². The molecule has 17 heavy (non-hydrogen) atoms. The lowest BCUT2D eigenvalue weighted by molar-refractivity contribution is 0.100. The van der Waals surface area contributed by atoms with Crippen molar-refractivity contribution in [2.75, 3.05) is 0 Å². The molecule has 3 aromatic rings. The van der Waals surface area contributed by atoms with Crippen LogP contribution in [-0.4, -0.2) is 15.3 Å². The van der Waals surface area contributed by atoms with E-state index in [0.29, 0.717) is 4.88 Å². The maximum Gasteiger partial charge on any atom is 0.260 e. The average molecular weight is 268 g/mol. The van der Waals surface area contributed by atoms with Crippen LogP contribution in [0.4, 0.5) is 0 Å². The van der Waals surface area contributed by atoms with Crippen molar-refractivity contribution in [2.24, 2.45) is 5.73 Å². The number of nitrogens with zero attached hydrogens (tertiary/aromatic N) is 2. The summed E-state index contributed by atoms with van der Waals surface area (Å²) in [7, 11) is 0. The van der Waals surface area contributed by atoms with E-state index in [1.165, 1.54) is 11.3 Å². The summed E-state index contributed by atoms with van der Waals surface area (Å²) in [5, 5.41) is 0. The van der Waals surface area contributed by atoms with Gasteiger partial charge in [0.05, 0.1) is 11.0 Å². The number of amides is 1. The first-order valence-electron chi connectivity index (χ1n) is 4.85. The Hall–Kier alpha value is -1.59. The van der Waals surface area contributed by atoms with E-state index < -0.39 is 5.91 Å². The topological polar surface area (TPSA) is 60.4 Å². The summed E-state index contributed by atoms with van der Waals surface area (Å²) in [6.07, 6.45) is 0. The van der Waals surface area contributed by atoms with Crippen LogP contribution in [0.2, 0.25) is 0 Å². The van der Waals surface area contributed by atoms with Gasteiger partial charge in [-0.3, -0.25) is 9.20 Å². The van der Waals surface area contributed by atoms with E-state index in [0.717, 1.165) is 21.7 Å². The van der Waals surface area contributed by atoms with E-state index in [4.69, 9.17) is 5.73 Å². The Morgan fingerprint density at radius 1 is 1.41 bits per heavy atom. The van der Waals surface area contributed by atoms with E-state index in [1.807, 2.05) is 35.6 Å². The van der Waals surface area contributed by atoms with Crippen molar-refractivity contribution >= 4 is 45.6 Å². The molecule has 3 rings (SSSR count). The zero-order chi connectivity index (χ0) is 11.3. The molecule has 4 nitrogen and oxygen atoms in total. The summed E-state index contributed by atoms with van der Waals surface area (Å²) in [5.74, 6) is -0.392. The van der Waals surface area contributed by atoms with Gasteiger partial charge in [0.15, 0.2) is 4.96 Å². The molecule has 1 aromatic carbocycles. The van der Waals surface area contributed by atoms with Gasteiger partial charge in [0.25, 0.3) is 5.91 Å². The Morgan fingerprint density at radius 3 is 2.82 bits per heavy atom. The number of thiazole rings is 1. The highest BCUT2D eigenvalue weighted by Crippen LogP contribution is 2.26. The molecule has 0 saturated carbocycles. The van der Waals surface area contributed by atoms with Crippen molar-refractivity contribution in [2.45, 2.75) is 6.92 Å². The molecule has 1 amide bonds. The van der Waals surface area contributed by atoms with E-state index in [9.17, 15) is 4.79 Å². The van der Waals surface area contributed by atoms with Crippen molar-refractivity contribution in [3.63, 3.8) is 0 Å². The SMILES string of the molecule is Cc1c(C(N)=O)sc2nc3ccccc3n12.Cl. The molecule has 2 N–H and O–H groups in total. The molecule has 0 aliphatic rings. The van der Waals surface area contributed by atoms with E-state index in [1.54, 1.807) is 0 Å². The number of para-hydroxylation sites is 2. The quantitative estimate of drug-likeness (QED) is 0.736. The molecule has 0 saturated heterocycles. The number of benzene rings is 1. The van der Waals surface area contributed by atoms with Crippen LogP contribution < -0.4 is 5.73 Å². The van der Waals surface area contributed by atoms with Crippen molar-refractivity contribution in [1.82, 2.24) is 9.38 Å². The molecule has 0 bridgehead atoms. The van der Waals surface area contributed by atoms with Gasteiger partial charge in [-0.2, -0.15) is 0 Å². The van der Waals surface area contributed by atoms with Crippen molar-refractivity contribution < 1.29 is 4.79 Å². The molecule has 0 aliphatic carbocycles. The van der Waals surface area contributed by atoms with Crippen molar-refractivity contribution in [1.29, 1.82) is 0 Å². The minimum atomic E-state index is -0.392. The number of nitrogens with two attached hydrogens (primary N) is 1. The second-order valence-electron chi connectivity index (χ2n) is 3.60. The first kappa shape index (κ1) is 11.9. The number of hydrogen-bond acceptors (Lipinski definition) is 3. The summed E-state index contributed by atoms with van der Waals surface area (Å²) in [6, 6.07) is 7.85. The molecular weight excluding hydrogens is 258 g/mol. The minimum absolute atomic E-state index is 0. The zero-order valence-electron chi connectivity index (χ0n) is 9.01. The summed E-state index contributed by atoms with van der Waals surface area (Å²) >= 11 is 1.34. The predicted octanol–water partition coefficient (Wildman–Crippen LogP) is 2.38. The third kappa shape index (κ3) is 1.59. The van der Waals surface area contributed by atoms with Crippen molar-refractivity contribution in [3.8, 4) is 0 Å². The number of aryl methyl sites for hydroxylation is 1. The van der Waals surface area contributed by atoms with Gasteiger partial charge < -0.3 is 5.73 Å². The lowest BCUT2D eigenvalue weighted by Crippen LogP contribution is -2.10. The van der Waals surface area contributed by atoms with Crippen LogP contribution in [-0.2, 0) is 0 Å². The van der Waals surface area contributed by atoms with Gasteiger partial charge in [0.1, 0.15) is 4.88 Å². The van der Waals surface area contributed by atoms with Gasteiger partial charge in [-0.25, -0.2) is 4.98 Å². The third-order valence-corrected chi connectivity index (χ3v) is 3.77. The van der Waals surface area contributed by atoms with Gasteiger partial charge >= 0.3 is 0 Å². The standard InChI is InChI=1S/C11H9N3OS.ClH/c1-6-9(10(12)15)16-11-13-7-4-2-3-5-8(7)14(6)11;/h2-5H,1H3,(H2,12,15);1H. The Kier molecular flexibility index (Phi) is 2.81. The first-order valence-corrected chi connectivity index (χ1v) is 5.66. The second-order valence-corrected chi connectivity index (χ2v) is 4.58. The molecular formula is C11H10ClN3OS. The minimum Gasteiger partial charge on any atom is -0.365 e. The molecule has 88 valence electrons. The highest BCUT2D eigenvalue weighted by molar-refractivity contribution is 7.19. The number of hydrogen-bond donors (Lipinski definition) is 1. The summed E-state index contributed by atoms with van der Waals surface area (Å²) in [4.78, 5) is 17.1. The Labute approximate surface area is 107 Å². The number of imidazole rings is 1. The van der Waals surface area contributed by atoms with Crippen LogP contribution >= 0.6 is 23.7 Å². The normalized spacial score (nSPS) is 10.6. The lowest BCUT2D eigenvalue weighted by atomic mass is 10.3. The smallest absolute Gasteiger partial charge is 0.260 e. The van der Waals surface area contributed by atoms with E-state index in [2.05, 4.69) is 4.98 Å². The molecule has 6 heteroatoms. The number of carbonyl (C=O) groups excluding carboxylic acids is 1. The van der Waals surface area contributed by atoms with Crippen LogP contribution in [0.25, 0.3) is 16.0 Å². The highest BCUT2D eigenvalue weighted by Gasteiger charge is 2.16. The Morgan fingerprint density at radius 2 is 2.12 bits per heavy atom. The van der Waals surface area contributed by atoms with Gasteiger partial charge in [-0.05, 0) is 19.1 Å². The maximum atomic E-state index is 11.2. The largest absolute Gasteiger partial charge is 0.365 e. The predicted molar refractivity (Wildman–Crippen MR) is 71.1 cm³/mol. The molecule has 2 heterocycles. The first-order chi connectivity index (χ1) is 7.68. The number of carbonyl (C=O) groups is 1. The summed E-state index contributed by atoms with van der Waals surface area (Å²) < 4.78 is 1.97. The van der Waals surface area contributed by atoms with E-state index in [-0.39, 0.29) is 12.4 Å². The van der Waals surface area contributed by atoms with Gasteiger partial charge in [0.2, 0.25) is 0 Å². The van der Waals surface area contributed by atoms with Crippen LogP contribution in [0.3, 0.4) is 0 Å². The summed E-state index contributed by atoms with van der Waals surface area (Å²) in [5.41, 5.74) is 8.12. The monoisotopic (exact) mass is 267 g/mol. The third-order valence-electron chi connectivity index (χ3n) is 2.61. The lowest BCUT2D eigenvalue weighted by Gasteiger charge is -1.95. The fraction of sp³-hybridized carbons (Fsp3) is 0.0909. The molecule has 0 atom stereocenters. The Bertz CT molecular complexity index is 716. The van der Waals surface area contributed by atoms with Crippen LogP contribution in [0.5, 0.6) is 0 Å². The van der Waals surface area contributed by atoms with E-state index >= 15 is 0 Å². The molecule has 0 unspecified atom stereocenters. The fourth-order valence-corrected chi connectivity index (χ4v) is 2.88. The van der Waals surface area contributed by atoms with Gasteiger partial charge in [-0.15, -0.1) is 12.4 Å². The van der Waals surface area contributed by atoms with Crippen molar-refractivity contribution in [3.05, 3.63) is 34.8 Å². The van der Waals surface area contributed by atoms with Crippen LogP contribution in [0.15, 0.2) is 24.3 Å². The maximum absolute atomic E-state index is 11.2.